The molecule has 4 atom stereocenters. The zero-order valence-corrected chi connectivity index (χ0v) is 22.5. The van der Waals surface area contributed by atoms with Crippen molar-refractivity contribution < 1.29 is 19.1 Å². The minimum Gasteiger partial charge on any atom is -0.462 e. The van der Waals surface area contributed by atoms with Gasteiger partial charge in [-0.3, -0.25) is 0 Å². The Morgan fingerprint density at radius 2 is 1.50 bits per heavy atom. The third-order valence-corrected chi connectivity index (χ3v) is 8.81. The Hall–Kier alpha value is -3.66. The van der Waals surface area contributed by atoms with Crippen LogP contribution in [0.4, 0.5) is 0 Å². The number of fused-ring (bicyclic) bond motifs is 3. The monoisotopic (exact) mass is 508 g/mol. The molecule has 0 spiro atoms. The standard InChI is InChI=1S/C34H36O4/c1-23(2)26-16-17-28-27(20-26)29(38-32(36)25-14-9-6-10-15-25)21-30-33(3,18-11-19-34(28,30)4)22-37-31(35)24-12-7-5-8-13-24/h5-10,12-17,20,29-30H,1,11,18-19,21-22H2,2-4H3/t29-,30+,33-,34+/m0/s1. The molecule has 4 nitrogen and oxygen atoms in total. The lowest BCUT2D eigenvalue weighted by molar-refractivity contribution is -0.0597. The van der Waals surface area contributed by atoms with Crippen LogP contribution in [0, 0.1) is 11.3 Å². The second-order valence-electron chi connectivity index (χ2n) is 11.5. The maximum absolute atomic E-state index is 13.2. The molecule has 38 heavy (non-hydrogen) atoms. The van der Waals surface area contributed by atoms with Crippen LogP contribution in [0.15, 0.2) is 85.4 Å². The van der Waals surface area contributed by atoms with E-state index in [0.29, 0.717) is 24.2 Å². The second-order valence-corrected chi connectivity index (χ2v) is 11.5. The van der Waals surface area contributed by atoms with E-state index >= 15 is 0 Å². The van der Waals surface area contributed by atoms with Crippen molar-refractivity contribution >= 4 is 17.5 Å². The number of carbonyl (C=O) groups excluding carboxylic acids is 2. The van der Waals surface area contributed by atoms with E-state index in [0.717, 1.165) is 36.0 Å². The zero-order chi connectivity index (χ0) is 26.9. The van der Waals surface area contributed by atoms with E-state index in [2.05, 4.69) is 38.6 Å². The van der Waals surface area contributed by atoms with Crippen LogP contribution in [0.5, 0.6) is 0 Å². The highest BCUT2D eigenvalue weighted by Crippen LogP contribution is 2.60. The van der Waals surface area contributed by atoms with Gasteiger partial charge in [-0.15, -0.1) is 0 Å². The van der Waals surface area contributed by atoms with Crippen molar-refractivity contribution in [3.05, 3.63) is 113 Å². The van der Waals surface area contributed by atoms with Crippen LogP contribution in [0.2, 0.25) is 0 Å². The smallest absolute Gasteiger partial charge is 0.338 e. The molecule has 196 valence electrons. The van der Waals surface area contributed by atoms with E-state index in [9.17, 15) is 9.59 Å². The van der Waals surface area contributed by atoms with Gasteiger partial charge in [-0.25, -0.2) is 9.59 Å². The molecule has 0 heterocycles. The first-order valence-corrected chi connectivity index (χ1v) is 13.5. The predicted octanol–water partition coefficient (Wildman–Crippen LogP) is 7.94. The molecule has 2 aliphatic rings. The largest absolute Gasteiger partial charge is 0.462 e. The van der Waals surface area contributed by atoms with E-state index in [1.54, 1.807) is 24.3 Å². The summed E-state index contributed by atoms with van der Waals surface area (Å²) in [7, 11) is 0. The Labute approximate surface area is 225 Å². The van der Waals surface area contributed by atoms with Crippen LogP contribution < -0.4 is 0 Å². The van der Waals surface area contributed by atoms with Crippen LogP contribution in [-0.4, -0.2) is 18.5 Å². The lowest BCUT2D eigenvalue weighted by atomic mass is 9.49. The van der Waals surface area contributed by atoms with Gasteiger partial charge in [0, 0.05) is 5.41 Å². The molecule has 1 saturated carbocycles. The fourth-order valence-electron chi connectivity index (χ4n) is 6.74. The lowest BCUT2D eigenvalue weighted by Gasteiger charge is -2.56. The van der Waals surface area contributed by atoms with E-state index in [-0.39, 0.29) is 28.7 Å². The number of allylic oxidation sites excluding steroid dienone is 1. The number of ether oxygens (including phenoxy) is 2. The molecule has 0 radical (unpaired) electrons. The van der Waals surface area contributed by atoms with E-state index in [1.807, 2.05) is 43.3 Å². The van der Waals surface area contributed by atoms with Crippen molar-refractivity contribution in [2.75, 3.05) is 6.61 Å². The first-order chi connectivity index (χ1) is 18.2. The van der Waals surface area contributed by atoms with Crippen molar-refractivity contribution in [3.63, 3.8) is 0 Å². The Morgan fingerprint density at radius 3 is 2.13 bits per heavy atom. The molecule has 0 N–H and O–H groups in total. The summed E-state index contributed by atoms with van der Waals surface area (Å²) in [5.41, 5.74) is 5.07. The topological polar surface area (TPSA) is 52.6 Å². The molecule has 3 aromatic rings. The van der Waals surface area contributed by atoms with E-state index < -0.39 is 6.10 Å². The number of hydrogen-bond donors (Lipinski definition) is 0. The SMILES string of the molecule is C=C(C)c1ccc2c(c1)[C@@H](OC(=O)c1ccccc1)C[C@@H]1[C@](C)(COC(=O)c3ccccc3)CCC[C@]21C. The Morgan fingerprint density at radius 1 is 0.868 bits per heavy atom. The van der Waals surface area contributed by atoms with Crippen LogP contribution in [0.1, 0.15) is 90.0 Å². The average Bonchev–Trinajstić information content (AvgIpc) is 2.93. The van der Waals surface area contributed by atoms with Gasteiger partial charge in [0.1, 0.15) is 6.10 Å². The summed E-state index contributed by atoms with van der Waals surface area (Å²) in [5, 5.41) is 0. The summed E-state index contributed by atoms with van der Waals surface area (Å²) in [6.07, 6.45) is 3.33. The summed E-state index contributed by atoms with van der Waals surface area (Å²) in [4.78, 5) is 26.0. The molecule has 0 unspecified atom stereocenters. The first kappa shape index (κ1) is 26.0. The molecular weight excluding hydrogens is 472 g/mol. The number of esters is 2. The molecule has 0 bridgehead atoms. The minimum atomic E-state index is -0.391. The number of hydrogen-bond acceptors (Lipinski definition) is 4. The molecule has 4 heteroatoms. The van der Waals surface area contributed by atoms with Crippen molar-refractivity contribution in [1.29, 1.82) is 0 Å². The summed E-state index contributed by atoms with van der Waals surface area (Å²) >= 11 is 0. The zero-order valence-electron chi connectivity index (χ0n) is 22.5. The Bertz CT molecular complexity index is 1350. The van der Waals surface area contributed by atoms with Crippen molar-refractivity contribution in [3.8, 4) is 0 Å². The highest BCUT2D eigenvalue weighted by molar-refractivity contribution is 5.90. The van der Waals surface area contributed by atoms with Gasteiger partial charge >= 0.3 is 11.9 Å². The van der Waals surface area contributed by atoms with Crippen LogP contribution in [-0.2, 0) is 14.9 Å². The number of rotatable bonds is 6. The van der Waals surface area contributed by atoms with Crippen molar-refractivity contribution in [2.45, 2.75) is 58.0 Å². The molecule has 0 aromatic heterocycles. The van der Waals surface area contributed by atoms with Gasteiger partial charge in [0.15, 0.2) is 0 Å². The maximum atomic E-state index is 13.2. The van der Waals surface area contributed by atoms with E-state index in [4.69, 9.17) is 9.47 Å². The summed E-state index contributed by atoms with van der Waals surface area (Å²) in [6.45, 7) is 11.0. The summed E-state index contributed by atoms with van der Waals surface area (Å²) in [5.74, 6) is -0.448. The highest BCUT2D eigenvalue weighted by atomic mass is 16.5. The molecule has 2 aliphatic carbocycles. The lowest BCUT2D eigenvalue weighted by Crippen LogP contribution is -2.52. The van der Waals surface area contributed by atoms with Gasteiger partial charge in [-0.1, -0.05) is 81.0 Å². The molecule has 3 aromatic carbocycles. The van der Waals surface area contributed by atoms with Crippen LogP contribution in [0.3, 0.4) is 0 Å². The first-order valence-electron chi connectivity index (χ1n) is 13.5. The fraction of sp³-hybridized carbons (Fsp3) is 0.353. The van der Waals surface area contributed by atoms with Crippen molar-refractivity contribution in [1.82, 2.24) is 0 Å². The maximum Gasteiger partial charge on any atom is 0.338 e. The molecule has 0 amide bonds. The summed E-state index contributed by atoms with van der Waals surface area (Å²) < 4.78 is 12.2. The van der Waals surface area contributed by atoms with E-state index in [1.165, 1.54) is 5.56 Å². The molecule has 0 saturated heterocycles. The van der Waals surface area contributed by atoms with Gasteiger partial charge in [0.25, 0.3) is 0 Å². The molecular formula is C34H36O4. The quantitative estimate of drug-likeness (QED) is 0.317. The van der Waals surface area contributed by atoms with Gasteiger partial charge < -0.3 is 9.47 Å². The fourth-order valence-corrected chi connectivity index (χ4v) is 6.74. The van der Waals surface area contributed by atoms with Crippen molar-refractivity contribution in [2.24, 2.45) is 11.3 Å². The third-order valence-electron chi connectivity index (χ3n) is 8.81. The normalized spacial score (nSPS) is 26.0. The number of benzene rings is 3. The summed E-state index contributed by atoms with van der Waals surface area (Å²) in [6, 6.07) is 24.8. The Kier molecular flexibility index (Phi) is 7.00. The highest BCUT2D eigenvalue weighted by Gasteiger charge is 2.55. The molecule has 1 fully saturated rings. The van der Waals surface area contributed by atoms with Gasteiger partial charge in [-0.05, 0) is 84.5 Å². The minimum absolute atomic E-state index is 0.120. The molecule has 0 aliphatic heterocycles. The number of carbonyl (C=O) groups is 2. The second kappa shape index (κ2) is 10.2. The average molecular weight is 509 g/mol. The van der Waals surface area contributed by atoms with Gasteiger partial charge in [0.2, 0.25) is 0 Å². The third kappa shape index (κ3) is 4.80. The predicted molar refractivity (Wildman–Crippen MR) is 150 cm³/mol. The molecule has 5 rings (SSSR count). The van der Waals surface area contributed by atoms with Crippen LogP contribution >= 0.6 is 0 Å². The van der Waals surface area contributed by atoms with Gasteiger partial charge in [0.05, 0.1) is 17.7 Å². The van der Waals surface area contributed by atoms with Gasteiger partial charge in [-0.2, -0.15) is 0 Å². The van der Waals surface area contributed by atoms with Crippen LogP contribution in [0.25, 0.3) is 5.57 Å². The Balaban J connectivity index is 1.49.